The van der Waals surface area contributed by atoms with Crippen molar-refractivity contribution in [1.29, 1.82) is 0 Å². The Labute approximate surface area is 111 Å². The molecule has 1 aromatic rings. The van der Waals surface area contributed by atoms with Crippen LogP contribution in [0.4, 0.5) is 0 Å². The minimum Gasteiger partial charge on any atom is -0.352 e. The maximum absolute atomic E-state index is 4.49. The van der Waals surface area contributed by atoms with Crippen LogP contribution in [0.25, 0.3) is 0 Å². The monoisotopic (exact) mass is 295 g/mol. The van der Waals surface area contributed by atoms with E-state index in [0.29, 0.717) is 0 Å². The first-order chi connectivity index (χ1) is 8.16. The molecule has 0 aliphatic carbocycles. The third-order valence-corrected chi connectivity index (χ3v) is 3.84. The van der Waals surface area contributed by atoms with Crippen LogP contribution in [0.1, 0.15) is 17.5 Å². The number of guanidine groups is 1. The number of benzene rings is 1. The highest BCUT2D eigenvalue weighted by atomic mass is 79.9. The van der Waals surface area contributed by atoms with E-state index < -0.39 is 0 Å². The Balaban J connectivity index is 1.97. The van der Waals surface area contributed by atoms with Crippen LogP contribution in [0.15, 0.2) is 27.7 Å². The second kappa shape index (κ2) is 5.54. The lowest BCUT2D eigenvalue weighted by Gasteiger charge is -2.25. The number of hydrogen-bond acceptors (Lipinski definition) is 3. The van der Waals surface area contributed by atoms with E-state index in [1.165, 1.54) is 11.1 Å². The second-order valence-electron chi connectivity index (χ2n) is 4.42. The molecule has 0 atom stereocenters. The summed E-state index contributed by atoms with van der Waals surface area (Å²) in [5.74, 6) is 1.01. The first-order valence-corrected chi connectivity index (χ1v) is 6.70. The molecule has 2 rings (SSSR count). The van der Waals surface area contributed by atoms with Gasteiger partial charge in [0.15, 0.2) is 5.96 Å². The van der Waals surface area contributed by atoms with Crippen molar-refractivity contribution in [2.45, 2.75) is 19.9 Å². The predicted octanol–water partition coefficient (Wildman–Crippen LogP) is 2.54. The van der Waals surface area contributed by atoms with Gasteiger partial charge in [-0.1, -0.05) is 28.1 Å². The van der Waals surface area contributed by atoms with Crippen molar-refractivity contribution in [2.24, 2.45) is 4.99 Å². The first kappa shape index (κ1) is 12.4. The van der Waals surface area contributed by atoms with Crippen molar-refractivity contribution >= 4 is 21.9 Å². The van der Waals surface area contributed by atoms with Crippen molar-refractivity contribution in [2.75, 3.05) is 20.1 Å². The molecule has 0 spiro atoms. The zero-order valence-electron chi connectivity index (χ0n) is 10.3. The van der Waals surface area contributed by atoms with E-state index in [4.69, 9.17) is 0 Å². The molecule has 0 bridgehead atoms. The summed E-state index contributed by atoms with van der Waals surface area (Å²) in [5, 5.41) is 3.39. The van der Waals surface area contributed by atoms with Crippen LogP contribution in [-0.4, -0.2) is 31.0 Å². The lowest BCUT2D eigenvalue weighted by Crippen LogP contribution is -2.41. The molecule has 0 unspecified atom stereocenters. The predicted molar refractivity (Wildman–Crippen MR) is 75.3 cm³/mol. The summed E-state index contributed by atoms with van der Waals surface area (Å²) in [6.45, 7) is 4.96. The van der Waals surface area contributed by atoms with E-state index in [1.54, 1.807) is 0 Å². The molecule has 0 saturated heterocycles. The lowest BCUT2D eigenvalue weighted by atomic mass is 10.1. The summed E-state index contributed by atoms with van der Waals surface area (Å²) in [7, 11) is 2.08. The Hall–Kier alpha value is -1.03. The van der Waals surface area contributed by atoms with Crippen molar-refractivity contribution in [3.05, 3.63) is 33.8 Å². The highest BCUT2D eigenvalue weighted by Gasteiger charge is 2.09. The number of rotatable bonds is 2. The van der Waals surface area contributed by atoms with E-state index in [1.807, 2.05) is 0 Å². The quantitative estimate of drug-likeness (QED) is 0.908. The Kier molecular flexibility index (Phi) is 4.05. The first-order valence-electron chi connectivity index (χ1n) is 5.91. The molecular formula is C13H18BrN3. The minimum atomic E-state index is 0.831. The molecule has 1 aliphatic rings. The van der Waals surface area contributed by atoms with Crippen LogP contribution in [-0.2, 0) is 6.54 Å². The van der Waals surface area contributed by atoms with Gasteiger partial charge in [0.1, 0.15) is 0 Å². The van der Waals surface area contributed by atoms with E-state index in [0.717, 1.165) is 36.5 Å². The summed E-state index contributed by atoms with van der Waals surface area (Å²) in [6, 6.07) is 6.42. The fourth-order valence-corrected chi connectivity index (χ4v) is 2.15. The Bertz CT molecular complexity index is 429. The van der Waals surface area contributed by atoms with Crippen molar-refractivity contribution < 1.29 is 0 Å². The topological polar surface area (TPSA) is 27.6 Å². The average Bonchev–Trinajstić information content (AvgIpc) is 2.32. The summed E-state index contributed by atoms with van der Waals surface area (Å²) >= 11 is 3.51. The molecule has 0 saturated carbocycles. The highest BCUT2D eigenvalue weighted by molar-refractivity contribution is 9.10. The molecule has 17 heavy (non-hydrogen) atoms. The molecule has 1 aromatic carbocycles. The molecule has 4 heteroatoms. The van der Waals surface area contributed by atoms with Crippen molar-refractivity contribution in [3.8, 4) is 0 Å². The van der Waals surface area contributed by atoms with Gasteiger partial charge < -0.3 is 10.2 Å². The van der Waals surface area contributed by atoms with Gasteiger partial charge in [-0.15, -0.1) is 0 Å². The highest BCUT2D eigenvalue weighted by Crippen LogP contribution is 2.17. The van der Waals surface area contributed by atoms with Crippen molar-refractivity contribution in [1.82, 2.24) is 10.2 Å². The van der Waals surface area contributed by atoms with Crippen LogP contribution in [0.3, 0.4) is 0 Å². The fraction of sp³-hybridized carbons (Fsp3) is 0.462. The van der Waals surface area contributed by atoms with E-state index in [9.17, 15) is 0 Å². The summed E-state index contributed by atoms with van der Waals surface area (Å²) in [5.41, 5.74) is 2.55. The van der Waals surface area contributed by atoms with E-state index in [2.05, 4.69) is 63.3 Å². The fourth-order valence-electron chi connectivity index (χ4n) is 1.91. The van der Waals surface area contributed by atoms with Gasteiger partial charge in [0.2, 0.25) is 0 Å². The zero-order valence-corrected chi connectivity index (χ0v) is 11.9. The molecule has 0 aromatic heterocycles. The second-order valence-corrected chi connectivity index (χ2v) is 5.27. The van der Waals surface area contributed by atoms with Gasteiger partial charge in [-0.2, -0.15) is 0 Å². The summed E-state index contributed by atoms with van der Waals surface area (Å²) in [6.07, 6.45) is 1.15. The van der Waals surface area contributed by atoms with Gasteiger partial charge in [-0.3, -0.25) is 4.99 Å². The normalized spacial score (nSPS) is 15.7. The standard InChI is InChI=1S/C13H18BrN3/c1-10-8-11(4-5-12(10)14)9-16-13-15-6-3-7-17(13)2/h4-5,8H,3,6-7,9H2,1-2H3,(H,15,16). The Morgan fingerprint density at radius 2 is 2.29 bits per heavy atom. The molecular weight excluding hydrogens is 278 g/mol. The molecule has 0 radical (unpaired) electrons. The summed E-state index contributed by atoms with van der Waals surface area (Å²) < 4.78 is 1.16. The van der Waals surface area contributed by atoms with Gasteiger partial charge in [-0.25, -0.2) is 0 Å². The van der Waals surface area contributed by atoms with Gasteiger partial charge in [0.05, 0.1) is 0 Å². The van der Waals surface area contributed by atoms with Crippen LogP contribution >= 0.6 is 15.9 Å². The van der Waals surface area contributed by atoms with Gasteiger partial charge in [-0.05, 0) is 30.5 Å². The van der Waals surface area contributed by atoms with Crippen molar-refractivity contribution in [3.63, 3.8) is 0 Å². The number of halogens is 1. The number of nitrogens with zero attached hydrogens (tertiary/aromatic N) is 2. The minimum absolute atomic E-state index is 0.831. The third kappa shape index (κ3) is 3.22. The van der Waals surface area contributed by atoms with E-state index >= 15 is 0 Å². The molecule has 92 valence electrons. The van der Waals surface area contributed by atoms with Crippen LogP contribution in [0.5, 0.6) is 0 Å². The smallest absolute Gasteiger partial charge is 0.193 e. The Morgan fingerprint density at radius 1 is 1.47 bits per heavy atom. The molecule has 1 N–H and O–H groups in total. The number of aliphatic imine (C=N–C) groups is 1. The molecule has 1 heterocycles. The molecule has 0 amide bonds. The van der Waals surface area contributed by atoms with E-state index in [-0.39, 0.29) is 0 Å². The third-order valence-electron chi connectivity index (χ3n) is 2.95. The molecule has 0 fully saturated rings. The van der Waals surface area contributed by atoms with Crippen LogP contribution < -0.4 is 5.32 Å². The molecule has 1 aliphatic heterocycles. The van der Waals surface area contributed by atoms with Gasteiger partial charge in [0.25, 0.3) is 0 Å². The maximum Gasteiger partial charge on any atom is 0.193 e. The summed E-state index contributed by atoms with van der Waals surface area (Å²) in [4.78, 5) is 6.66. The maximum atomic E-state index is 4.49. The number of nitrogens with one attached hydrogen (secondary N) is 1. The van der Waals surface area contributed by atoms with Crippen LogP contribution in [0.2, 0.25) is 0 Å². The largest absolute Gasteiger partial charge is 0.352 e. The lowest BCUT2D eigenvalue weighted by molar-refractivity contribution is 0.446. The zero-order chi connectivity index (χ0) is 12.3. The average molecular weight is 296 g/mol. The molecule has 3 nitrogen and oxygen atoms in total. The number of hydrogen-bond donors (Lipinski definition) is 1. The van der Waals surface area contributed by atoms with Gasteiger partial charge >= 0.3 is 0 Å². The number of aryl methyl sites for hydroxylation is 1. The van der Waals surface area contributed by atoms with Gasteiger partial charge in [0, 0.05) is 31.2 Å². The SMILES string of the molecule is Cc1cc(CNC2=NCCCN2C)ccc1Br. The van der Waals surface area contributed by atoms with Crippen LogP contribution in [0, 0.1) is 6.92 Å². The Morgan fingerprint density at radius 3 is 3.00 bits per heavy atom.